The lowest BCUT2D eigenvalue weighted by Gasteiger charge is -2.28. The Morgan fingerprint density at radius 1 is 1.29 bits per heavy atom. The highest BCUT2D eigenvalue weighted by Crippen LogP contribution is 2.36. The molecule has 0 bridgehead atoms. The van der Waals surface area contributed by atoms with Crippen molar-refractivity contribution in [3.05, 3.63) is 29.3 Å². The largest absolute Gasteiger partial charge is 0.379 e. The maximum atomic E-state index is 12.8. The van der Waals surface area contributed by atoms with Crippen LogP contribution in [0.3, 0.4) is 0 Å². The van der Waals surface area contributed by atoms with E-state index in [1.165, 1.54) is 12.5 Å². The molecule has 1 aromatic rings. The van der Waals surface area contributed by atoms with Crippen molar-refractivity contribution >= 4 is 17.5 Å². The summed E-state index contributed by atoms with van der Waals surface area (Å²) in [5, 5.41) is 2.80. The fraction of sp³-hybridized carbons (Fsp3) is 0.556. The summed E-state index contributed by atoms with van der Waals surface area (Å²) in [7, 11) is 0. The van der Waals surface area contributed by atoms with Crippen LogP contribution in [-0.4, -0.2) is 56.1 Å². The van der Waals surface area contributed by atoms with Crippen LogP contribution >= 0.6 is 0 Å². The van der Waals surface area contributed by atoms with Gasteiger partial charge in [-0.2, -0.15) is 0 Å². The second-order valence-electron chi connectivity index (χ2n) is 6.32. The molecule has 1 atom stereocenters. The van der Waals surface area contributed by atoms with Gasteiger partial charge in [0.05, 0.1) is 13.2 Å². The molecule has 2 heterocycles. The predicted molar refractivity (Wildman–Crippen MR) is 92.0 cm³/mol. The molecular formula is C18H25N3O3. The summed E-state index contributed by atoms with van der Waals surface area (Å²) in [5.74, 6) is -0.224. The van der Waals surface area contributed by atoms with Crippen molar-refractivity contribution in [3.63, 3.8) is 0 Å². The van der Waals surface area contributed by atoms with Crippen molar-refractivity contribution in [2.45, 2.75) is 26.3 Å². The minimum absolute atomic E-state index is 0.0401. The maximum absolute atomic E-state index is 12.8. The third-order valence-electron chi connectivity index (χ3n) is 4.71. The molecule has 6 nitrogen and oxygen atoms in total. The first-order valence-corrected chi connectivity index (χ1v) is 8.61. The van der Waals surface area contributed by atoms with E-state index in [0.29, 0.717) is 6.54 Å². The zero-order valence-electron chi connectivity index (χ0n) is 14.4. The molecule has 0 aliphatic carbocycles. The lowest BCUT2D eigenvalue weighted by Crippen LogP contribution is -2.43. The number of hydrogen-bond acceptors (Lipinski definition) is 4. The number of nitrogens with zero attached hydrogens (tertiary/aromatic N) is 2. The average Bonchev–Trinajstić information content (AvgIpc) is 2.85. The Bertz CT molecular complexity index is 626. The van der Waals surface area contributed by atoms with Gasteiger partial charge in [-0.15, -0.1) is 0 Å². The van der Waals surface area contributed by atoms with Gasteiger partial charge in [-0.05, 0) is 18.1 Å². The molecule has 6 heteroatoms. The second kappa shape index (κ2) is 7.32. The third-order valence-corrected chi connectivity index (χ3v) is 4.71. The first-order chi connectivity index (χ1) is 11.6. The smallest absolute Gasteiger partial charge is 0.254 e. The van der Waals surface area contributed by atoms with Crippen LogP contribution in [-0.2, 0) is 20.7 Å². The molecule has 0 unspecified atom stereocenters. The van der Waals surface area contributed by atoms with Crippen molar-refractivity contribution in [2.75, 3.05) is 44.3 Å². The van der Waals surface area contributed by atoms with E-state index >= 15 is 0 Å². The fourth-order valence-electron chi connectivity index (χ4n) is 3.35. The van der Waals surface area contributed by atoms with Crippen molar-refractivity contribution in [3.8, 4) is 0 Å². The highest BCUT2D eigenvalue weighted by Gasteiger charge is 2.37. The van der Waals surface area contributed by atoms with Crippen LogP contribution in [0.25, 0.3) is 0 Å². The van der Waals surface area contributed by atoms with E-state index in [1.54, 1.807) is 0 Å². The molecule has 2 aliphatic rings. The number of benzene rings is 1. The normalized spacial score (nSPS) is 21.0. The average molecular weight is 331 g/mol. The first-order valence-electron chi connectivity index (χ1n) is 8.61. The number of hydrogen-bond donors (Lipinski definition) is 1. The first kappa shape index (κ1) is 16.9. The van der Waals surface area contributed by atoms with Gasteiger partial charge in [-0.3, -0.25) is 14.5 Å². The fourth-order valence-corrected chi connectivity index (χ4v) is 3.35. The van der Waals surface area contributed by atoms with Crippen molar-refractivity contribution in [1.82, 2.24) is 10.2 Å². The molecule has 1 fully saturated rings. The molecule has 1 N–H and O–H groups in total. The number of nitrogens with one attached hydrogen (secondary N) is 1. The van der Waals surface area contributed by atoms with Crippen LogP contribution in [0.1, 0.15) is 31.0 Å². The minimum Gasteiger partial charge on any atom is -0.379 e. The van der Waals surface area contributed by atoms with E-state index in [2.05, 4.69) is 23.2 Å². The molecule has 2 amide bonds. The standard InChI is InChI=1S/C18H25N3O3/c1-3-14-4-5-16-15(12-14)17(19-13(2)22)18(23)21(16)7-6-20-8-10-24-11-9-20/h4-5,12,17H,3,6-11H2,1-2H3,(H,19,22)/t17-/m0/s1. The number of anilines is 1. The lowest BCUT2D eigenvalue weighted by molar-refractivity contribution is -0.126. The molecule has 0 spiro atoms. The molecule has 24 heavy (non-hydrogen) atoms. The number of carbonyl (C=O) groups is 2. The monoisotopic (exact) mass is 331 g/mol. The van der Waals surface area contributed by atoms with Crippen LogP contribution in [0.4, 0.5) is 5.69 Å². The van der Waals surface area contributed by atoms with E-state index in [-0.39, 0.29) is 11.8 Å². The van der Waals surface area contributed by atoms with Crippen molar-refractivity contribution in [1.29, 1.82) is 0 Å². The Balaban J connectivity index is 1.79. The lowest BCUT2D eigenvalue weighted by atomic mass is 10.0. The molecule has 130 valence electrons. The van der Waals surface area contributed by atoms with Crippen LogP contribution in [0, 0.1) is 0 Å². The van der Waals surface area contributed by atoms with Gasteiger partial charge in [0.25, 0.3) is 5.91 Å². The van der Waals surface area contributed by atoms with Gasteiger partial charge in [0.1, 0.15) is 6.04 Å². The number of morpholine rings is 1. The zero-order chi connectivity index (χ0) is 17.1. The molecule has 0 saturated carbocycles. The maximum Gasteiger partial charge on any atom is 0.254 e. The summed E-state index contributed by atoms with van der Waals surface area (Å²) in [6.45, 7) is 8.29. The van der Waals surface area contributed by atoms with E-state index in [9.17, 15) is 9.59 Å². The molecule has 1 aromatic carbocycles. The topological polar surface area (TPSA) is 61.9 Å². The highest BCUT2D eigenvalue weighted by molar-refractivity contribution is 6.06. The SMILES string of the molecule is CCc1ccc2c(c1)[C@H](NC(C)=O)C(=O)N2CCN1CCOCC1. The number of carbonyl (C=O) groups excluding carboxylic acids is 2. The molecule has 1 saturated heterocycles. The molecule has 0 aromatic heterocycles. The molecule has 2 aliphatic heterocycles. The third kappa shape index (κ3) is 3.44. The Hall–Kier alpha value is -1.92. The highest BCUT2D eigenvalue weighted by atomic mass is 16.5. The van der Waals surface area contributed by atoms with Crippen molar-refractivity contribution < 1.29 is 14.3 Å². The van der Waals surface area contributed by atoms with E-state index in [1.807, 2.05) is 17.0 Å². The predicted octanol–water partition coefficient (Wildman–Crippen LogP) is 1.10. The van der Waals surface area contributed by atoms with Crippen LogP contribution in [0.15, 0.2) is 18.2 Å². The Kier molecular flexibility index (Phi) is 5.16. The summed E-state index contributed by atoms with van der Waals surface area (Å²) in [6, 6.07) is 5.55. The van der Waals surface area contributed by atoms with Crippen LogP contribution in [0.5, 0.6) is 0 Å². The zero-order valence-corrected chi connectivity index (χ0v) is 14.4. The number of aryl methyl sites for hydroxylation is 1. The number of ether oxygens (including phenoxy) is 1. The minimum atomic E-state index is -0.561. The van der Waals surface area contributed by atoms with Gasteiger partial charge in [-0.1, -0.05) is 19.1 Å². The second-order valence-corrected chi connectivity index (χ2v) is 6.32. The summed E-state index contributed by atoms with van der Waals surface area (Å²) in [6.07, 6.45) is 0.905. The van der Waals surface area contributed by atoms with Gasteiger partial charge < -0.3 is 15.0 Å². The van der Waals surface area contributed by atoms with Crippen molar-refractivity contribution in [2.24, 2.45) is 0 Å². The Morgan fingerprint density at radius 3 is 2.71 bits per heavy atom. The van der Waals surface area contributed by atoms with Gasteiger partial charge in [0.15, 0.2) is 0 Å². The number of fused-ring (bicyclic) bond motifs is 1. The van der Waals surface area contributed by atoms with Gasteiger partial charge in [-0.25, -0.2) is 0 Å². The summed E-state index contributed by atoms with van der Waals surface area (Å²) in [5.41, 5.74) is 3.01. The number of rotatable bonds is 5. The van der Waals surface area contributed by atoms with Gasteiger partial charge >= 0.3 is 0 Å². The van der Waals surface area contributed by atoms with E-state index in [4.69, 9.17) is 4.74 Å². The molecule has 3 rings (SSSR count). The van der Waals surface area contributed by atoms with Crippen LogP contribution < -0.4 is 10.2 Å². The summed E-state index contributed by atoms with van der Waals surface area (Å²) < 4.78 is 5.37. The Labute approximate surface area is 142 Å². The van der Waals surface area contributed by atoms with E-state index in [0.717, 1.165) is 50.5 Å². The molecule has 0 radical (unpaired) electrons. The molecular weight excluding hydrogens is 306 g/mol. The Morgan fingerprint density at radius 2 is 2.04 bits per heavy atom. The summed E-state index contributed by atoms with van der Waals surface area (Å²) >= 11 is 0. The summed E-state index contributed by atoms with van der Waals surface area (Å²) in [4.78, 5) is 28.5. The van der Waals surface area contributed by atoms with Gasteiger partial charge in [0.2, 0.25) is 5.91 Å². The quantitative estimate of drug-likeness (QED) is 0.878. The van der Waals surface area contributed by atoms with E-state index < -0.39 is 6.04 Å². The van der Waals surface area contributed by atoms with Gasteiger partial charge in [0, 0.05) is 44.4 Å². The van der Waals surface area contributed by atoms with Crippen LogP contribution in [0.2, 0.25) is 0 Å². The number of amides is 2.